The van der Waals surface area contributed by atoms with Crippen LogP contribution in [0.4, 0.5) is 0 Å². The third-order valence-electron chi connectivity index (χ3n) is 3.34. The number of carboxylic acids is 1. The molecule has 2 atom stereocenters. The van der Waals surface area contributed by atoms with Crippen LogP contribution in [0.15, 0.2) is 0 Å². The zero-order chi connectivity index (χ0) is 12.1. The second-order valence-electron chi connectivity index (χ2n) is 4.40. The number of aliphatic carboxylic acids is 1. The monoisotopic (exact) mass is 227 g/mol. The van der Waals surface area contributed by atoms with Gasteiger partial charge in [-0.2, -0.15) is 0 Å². The Labute approximate surface area is 96.6 Å². The van der Waals surface area contributed by atoms with E-state index in [-0.39, 0.29) is 11.8 Å². The maximum Gasteiger partial charge on any atom is 0.307 e. The first kappa shape index (κ1) is 13.0. The largest absolute Gasteiger partial charge is 0.481 e. The summed E-state index contributed by atoms with van der Waals surface area (Å²) in [4.78, 5) is 24.9. The summed E-state index contributed by atoms with van der Waals surface area (Å²) in [7, 11) is 0. The van der Waals surface area contributed by atoms with Crippen molar-refractivity contribution < 1.29 is 14.7 Å². The van der Waals surface area contributed by atoms with Gasteiger partial charge in [0.2, 0.25) is 5.91 Å². The highest BCUT2D eigenvalue weighted by Gasteiger charge is 2.39. The molecule has 0 aromatic heterocycles. The maximum absolute atomic E-state index is 12.1. The van der Waals surface area contributed by atoms with Crippen molar-refractivity contribution in [3.8, 4) is 0 Å². The van der Waals surface area contributed by atoms with Crippen molar-refractivity contribution in [2.75, 3.05) is 13.1 Å². The molecule has 0 heterocycles. The summed E-state index contributed by atoms with van der Waals surface area (Å²) in [6.07, 6.45) is 3.16. The van der Waals surface area contributed by atoms with E-state index in [1.54, 1.807) is 4.90 Å². The highest BCUT2D eigenvalue weighted by Crippen LogP contribution is 2.33. The molecule has 92 valence electrons. The SMILES string of the molecule is CCCN(CC)C(=O)C1CCCC1C(=O)O. The highest BCUT2D eigenvalue weighted by atomic mass is 16.4. The number of hydrogen-bond donors (Lipinski definition) is 1. The number of nitrogens with zero attached hydrogens (tertiary/aromatic N) is 1. The lowest BCUT2D eigenvalue weighted by molar-refractivity contribution is -0.149. The molecule has 0 aliphatic heterocycles. The molecule has 0 aromatic carbocycles. The molecule has 2 unspecified atom stereocenters. The third-order valence-corrected chi connectivity index (χ3v) is 3.34. The van der Waals surface area contributed by atoms with Crippen molar-refractivity contribution in [2.45, 2.75) is 39.5 Å². The van der Waals surface area contributed by atoms with Gasteiger partial charge in [-0.05, 0) is 26.2 Å². The normalized spacial score (nSPS) is 24.4. The fraction of sp³-hybridized carbons (Fsp3) is 0.833. The second kappa shape index (κ2) is 5.87. The van der Waals surface area contributed by atoms with Crippen LogP contribution in [-0.4, -0.2) is 35.0 Å². The first-order valence-electron chi connectivity index (χ1n) is 6.13. The molecule has 1 saturated carbocycles. The van der Waals surface area contributed by atoms with Gasteiger partial charge in [-0.15, -0.1) is 0 Å². The topological polar surface area (TPSA) is 57.6 Å². The van der Waals surface area contributed by atoms with Gasteiger partial charge in [0.1, 0.15) is 0 Å². The minimum absolute atomic E-state index is 0.0363. The van der Waals surface area contributed by atoms with Gasteiger partial charge in [-0.1, -0.05) is 13.3 Å². The molecule has 4 nitrogen and oxygen atoms in total. The number of rotatable bonds is 5. The van der Waals surface area contributed by atoms with Gasteiger partial charge >= 0.3 is 5.97 Å². The predicted molar refractivity (Wildman–Crippen MR) is 61.0 cm³/mol. The van der Waals surface area contributed by atoms with Crippen molar-refractivity contribution in [1.82, 2.24) is 4.90 Å². The van der Waals surface area contributed by atoms with Gasteiger partial charge in [-0.25, -0.2) is 0 Å². The molecule has 0 saturated heterocycles. The average molecular weight is 227 g/mol. The van der Waals surface area contributed by atoms with Crippen molar-refractivity contribution in [2.24, 2.45) is 11.8 Å². The number of hydrogen-bond acceptors (Lipinski definition) is 2. The first-order chi connectivity index (χ1) is 7.61. The standard InChI is InChI=1S/C12H21NO3/c1-3-8-13(4-2)11(14)9-6-5-7-10(9)12(15)16/h9-10H,3-8H2,1-2H3,(H,15,16). The number of carbonyl (C=O) groups is 2. The molecule has 0 aromatic rings. The highest BCUT2D eigenvalue weighted by molar-refractivity contribution is 5.85. The molecule has 1 amide bonds. The molecule has 1 rings (SSSR count). The zero-order valence-corrected chi connectivity index (χ0v) is 10.1. The Morgan fingerprint density at radius 2 is 1.88 bits per heavy atom. The van der Waals surface area contributed by atoms with E-state index in [9.17, 15) is 9.59 Å². The Hall–Kier alpha value is -1.06. The molecule has 4 heteroatoms. The van der Waals surface area contributed by atoms with Crippen LogP contribution in [0.5, 0.6) is 0 Å². The van der Waals surface area contributed by atoms with E-state index in [0.717, 1.165) is 25.8 Å². The van der Waals surface area contributed by atoms with Crippen LogP contribution in [-0.2, 0) is 9.59 Å². The van der Waals surface area contributed by atoms with Gasteiger partial charge in [0.05, 0.1) is 11.8 Å². The molecular weight excluding hydrogens is 206 g/mol. The maximum atomic E-state index is 12.1. The summed E-state index contributed by atoms with van der Waals surface area (Å²) in [5.74, 6) is -1.53. The average Bonchev–Trinajstić information content (AvgIpc) is 2.73. The Kier molecular flexibility index (Phi) is 4.77. The minimum Gasteiger partial charge on any atom is -0.481 e. The lowest BCUT2D eigenvalue weighted by Gasteiger charge is -2.25. The van der Waals surface area contributed by atoms with Crippen molar-refractivity contribution >= 4 is 11.9 Å². The van der Waals surface area contributed by atoms with E-state index in [2.05, 4.69) is 0 Å². The van der Waals surface area contributed by atoms with Gasteiger partial charge < -0.3 is 10.0 Å². The van der Waals surface area contributed by atoms with Crippen molar-refractivity contribution in [3.63, 3.8) is 0 Å². The quantitative estimate of drug-likeness (QED) is 0.778. The van der Waals surface area contributed by atoms with E-state index < -0.39 is 11.9 Å². The van der Waals surface area contributed by atoms with E-state index in [4.69, 9.17) is 5.11 Å². The van der Waals surface area contributed by atoms with E-state index in [1.165, 1.54) is 0 Å². The molecule has 0 spiro atoms. The third kappa shape index (κ3) is 2.74. The molecular formula is C12H21NO3. The molecule has 0 radical (unpaired) electrons. The summed E-state index contributed by atoms with van der Waals surface area (Å²) in [6.45, 7) is 5.38. The number of carbonyl (C=O) groups excluding carboxylic acids is 1. The summed E-state index contributed by atoms with van der Waals surface area (Å²) < 4.78 is 0. The molecule has 1 fully saturated rings. The van der Waals surface area contributed by atoms with Crippen LogP contribution in [0, 0.1) is 11.8 Å². The van der Waals surface area contributed by atoms with Crippen molar-refractivity contribution in [3.05, 3.63) is 0 Å². The lowest BCUT2D eigenvalue weighted by atomic mass is 9.94. The van der Waals surface area contributed by atoms with E-state index in [1.807, 2.05) is 13.8 Å². The predicted octanol–water partition coefficient (Wildman–Crippen LogP) is 1.75. The Morgan fingerprint density at radius 1 is 1.25 bits per heavy atom. The summed E-state index contributed by atoms with van der Waals surface area (Å²) in [5, 5.41) is 9.05. The van der Waals surface area contributed by atoms with Gasteiger partial charge in [0.15, 0.2) is 0 Å². The van der Waals surface area contributed by atoms with Gasteiger partial charge in [0.25, 0.3) is 0 Å². The van der Waals surface area contributed by atoms with Crippen LogP contribution < -0.4 is 0 Å². The molecule has 16 heavy (non-hydrogen) atoms. The molecule has 1 N–H and O–H groups in total. The fourth-order valence-corrected chi connectivity index (χ4v) is 2.48. The van der Waals surface area contributed by atoms with Crippen LogP contribution in [0.3, 0.4) is 0 Å². The van der Waals surface area contributed by atoms with Gasteiger partial charge in [-0.3, -0.25) is 9.59 Å². The zero-order valence-electron chi connectivity index (χ0n) is 10.1. The van der Waals surface area contributed by atoms with E-state index >= 15 is 0 Å². The van der Waals surface area contributed by atoms with E-state index in [0.29, 0.717) is 13.0 Å². The summed E-state index contributed by atoms with van der Waals surface area (Å²) in [6, 6.07) is 0. The van der Waals surface area contributed by atoms with Crippen molar-refractivity contribution in [1.29, 1.82) is 0 Å². The molecule has 1 aliphatic carbocycles. The smallest absolute Gasteiger partial charge is 0.307 e. The Balaban J connectivity index is 2.67. The Morgan fingerprint density at radius 3 is 2.38 bits per heavy atom. The molecule has 0 bridgehead atoms. The lowest BCUT2D eigenvalue weighted by Crippen LogP contribution is -2.39. The fourth-order valence-electron chi connectivity index (χ4n) is 2.48. The number of carboxylic acid groups (broad SMARTS) is 1. The first-order valence-corrected chi connectivity index (χ1v) is 6.13. The molecule has 1 aliphatic rings. The Bertz CT molecular complexity index is 265. The summed E-state index contributed by atoms with van der Waals surface area (Å²) >= 11 is 0. The van der Waals surface area contributed by atoms with Crippen LogP contribution in [0.25, 0.3) is 0 Å². The minimum atomic E-state index is -0.816. The number of amides is 1. The second-order valence-corrected chi connectivity index (χ2v) is 4.40. The van der Waals surface area contributed by atoms with Crippen LogP contribution in [0.2, 0.25) is 0 Å². The van der Waals surface area contributed by atoms with Gasteiger partial charge in [0, 0.05) is 13.1 Å². The summed E-state index contributed by atoms with van der Waals surface area (Å²) in [5.41, 5.74) is 0. The van der Waals surface area contributed by atoms with Crippen LogP contribution in [0.1, 0.15) is 39.5 Å². The van der Waals surface area contributed by atoms with Crippen LogP contribution >= 0.6 is 0 Å².